The van der Waals surface area contributed by atoms with E-state index in [9.17, 15) is 13.2 Å². The number of carbonyl (C=O) groups is 1. The molecule has 0 fully saturated rings. The minimum absolute atomic E-state index is 0.0796. The molecule has 25 heavy (non-hydrogen) atoms. The van der Waals surface area contributed by atoms with Crippen molar-refractivity contribution in [1.29, 1.82) is 0 Å². The van der Waals surface area contributed by atoms with Crippen LogP contribution >= 0.6 is 0 Å². The molecule has 2 aromatic rings. The standard InChI is InChI=1S/C19H21NO4S/c1-13-18-8-7-16(24-2)11-14(18)9-10-20(13)19(21)15-5-4-6-17(12-15)25(3,22)23/h4-8,11-13H,9-10H2,1-3H3. The minimum Gasteiger partial charge on any atom is -0.497 e. The Kier molecular flexibility index (Phi) is 4.56. The predicted molar refractivity (Wildman–Crippen MR) is 95.7 cm³/mol. The molecule has 1 aliphatic heterocycles. The smallest absolute Gasteiger partial charge is 0.254 e. The Morgan fingerprint density at radius 1 is 1.20 bits per heavy atom. The number of ether oxygens (including phenoxy) is 1. The molecule has 0 bridgehead atoms. The van der Waals surface area contributed by atoms with Crippen LogP contribution in [-0.2, 0) is 16.3 Å². The van der Waals surface area contributed by atoms with Gasteiger partial charge in [0.15, 0.2) is 9.84 Å². The molecule has 1 aliphatic rings. The number of rotatable bonds is 3. The van der Waals surface area contributed by atoms with Gasteiger partial charge in [-0.2, -0.15) is 0 Å². The van der Waals surface area contributed by atoms with E-state index >= 15 is 0 Å². The lowest BCUT2D eigenvalue weighted by atomic mass is 9.92. The summed E-state index contributed by atoms with van der Waals surface area (Å²) in [5.74, 6) is 0.658. The normalized spacial score (nSPS) is 17.1. The summed E-state index contributed by atoms with van der Waals surface area (Å²) in [7, 11) is -1.71. The van der Waals surface area contributed by atoms with Crippen LogP contribution in [0.5, 0.6) is 5.75 Å². The van der Waals surface area contributed by atoms with Gasteiger partial charge < -0.3 is 9.64 Å². The number of hydrogen-bond acceptors (Lipinski definition) is 4. The third-order valence-electron chi connectivity index (χ3n) is 4.66. The molecule has 2 aromatic carbocycles. The highest BCUT2D eigenvalue weighted by molar-refractivity contribution is 7.90. The summed E-state index contributed by atoms with van der Waals surface area (Å²) in [5, 5.41) is 0. The van der Waals surface area contributed by atoms with E-state index in [-0.39, 0.29) is 16.8 Å². The van der Waals surface area contributed by atoms with Crippen LogP contribution in [0.2, 0.25) is 0 Å². The van der Waals surface area contributed by atoms with Gasteiger partial charge in [-0.15, -0.1) is 0 Å². The van der Waals surface area contributed by atoms with E-state index in [0.717, 1.165) is 24.0 Å². The summed E-state index contributed by atoms with van der Waals surface area (Å²) < 4.78 is 28.7. The van der Waals surface area contributed by atoms with Crippen molar-refractivity contribution < 1.29 is 17.9 Å². The maximum atomic E-state index is 12.9. The largest absolute Gasteiger partial charge is 0.497 e. The molecule has 0 aromatic heterocycles. The zero-order valence-electron chi connectivity index (χ0n) is 14.5. The molecule has 1 unspecified atom stereocenters. The summed E-state index contributed by atoms with van der Waals surface area (Å²) in [4.78, 5) is 14.9. The van der Waals surface area contributed by atoms with E-state index in [0.29, 0.717) is 12.1 Å². The Labute approximate surface area is 148 Å². The number of benzene rings is 2. The molecule has 0 N–H and O–H groups in total. The van der Waals surface area contributed by atoms with Gasteiger partial charge in [-0.25, -0.2) is 8.42 Å². The van der Waals surface area contributed by atoms with E-state index in [2.05, 4.69) is 0 Å². The molecule has 0 saturated heterocycles. The van der Waals surface area contributed by atoms with Crippen molar-refractivity contribution in [2.75, 3.05) is 19.9 Å². The molecule has 132 valence electrons. The van der Waals surface area contributed by atoms with Gasteiger partial charge in [0.1, 0.15) is 5.75 Å². The number of carbonyl (C=O) groups excluding carboxylic acids is 1. The van der Waals surface area contributed by atoms with Crippen LogP contribution in [0.4, 0.5) is 0 Å². The summed E-state index contributed by atoms with van der Waals surface area (Å²) >= 11 is 0. The van der Waals surface area contributed by atoms with Gasteiger partial charge in [0.05, 0.1) is 18.0 Å². The first-order chi connectivity index (χ1) is 11.8. The van der Waals surface area contributed by atoms with Gasteiger partial charge in [-0.1, -0.05) is 12.1 Å². The Hall–Kier alpha value is -2.34. The molecule has 0 spiro atoms. The number of fused-ring (bicyclic) bond motifs is 1. The lowest BCUT2D eigenvalue weighted by molar-refractivity contribution is 0.0677. The third kappa shape index (κ3) is 3.39. The van der Waals surface area contributed by atoms with E-state index in [1.54, 1.807) is 24.1 Å². The first-order valence-corrected chi connectivity index (χ1v) is 9.98. The average Bonchev–Trinajstić information content (AvgIpc) is 2.60. The Morgan fingerprint density at radius 2 is 1.96 bits per heavy atom. The fraction of sp³-hybridized carbons (Fsp3) is 0.316. The maximum Gasteiger partial charge on any atom is 0.254 e. The maximum absolute atomic E-state index is 12.9. The van der Waals surface area contributed by atoms with E-state index in [1.165, 1.54) is 17.7 Å². The van der Waals surface area contributed by atoms with Crippen LogP contribution in [0.3, 0.4) is 0 Å². The quantitative estimate of drug-likeness (QED) is 0.845. The highest BCUT2D eigenvalue weighted by Gasteiger charge is 2.28. The van der Waals surface area contributed by atoms with E-state index < -0.39 is 9.84 Å². The third-order valence-corrected chi connectivity index (χ3v) is 5.77. The molecule has 5 nitrogen and oxygen atoms in total. The summed E-state index contributed by atoms with van der Waals surface area (Å²) in [5.41, 5.74) is 2.67. The molecule has 1 heterocycles. The zero-order chi connectivity index (χ0) is 18.2. The van der Waals surface area contributed by atoms with Crippen LogP contribution in [0.15, 0.2) is 47.4 Å². The topological polar surface area (TPSA) is 63.7 Å². The van der Waals surface area contributed by atoms with Gasteiger partial charge in [0.25, 0.3) is 5.91 Å². The lowest BCUT2D eigenvalue weighted by Gasteiger charge is -2.35. The second-order valence-corrected chi connectivity index (χ2v) is 8.30. The number of nitrogens with zero attached hydrogens (tertiary/aromatic N) is 1. The van der Waals surface area contributed by atoms with Crippen LogP contribution in [-0.4, -0.2) is 39.1 Å². The predicted octanol–water partition coefficient (Wildman–Crippen LogP) is 2.86. The molecule has 0 saturated carbocycles. The van der Waals surface area contributed by atoms with Gasteiger partial charge in [-0.05, 0) is 54.8 Å². The van der Waals surface area contributed by atoms with Crippen LogP contribution in [0, 0.1) is 0 Å². The number of hydrogen-bond donors (Lipinski definition) is 0. The van der Waals surface area contributed by atoms with Crippen molar-refractivity contribution in [2.45, 2.75) is 24.3 Å². The molecule has 0 aliphatic carbocycles. The molecule has 1 amide bonds. The Morgan fingerprint density at radius 3 is 2.64 bits per heavy atom. The first-order valence-electron chi connectivity index (χ1n) is 8.09. The van der Waals surface area contributed by atoms with Gasteiger partial charge in [-0.3, -0.25) is 4.79 Å². The number of amides is 1. The van der Waals surface area contributed by atoms with Crippen LogP contribution in [0.25, 0.3) is 0 Å². The SMILES string of the molecule is COc1ccc2c(c1)CCN(C(=O)c1cccc(S(C)(=O)=O)c1)C2C. The Bertz CT molecular complexity index is 921. The molecule has 1 atom stereocenters. The zero-order valence-corrected chi connectivity index (χ0v) is 15.3. The first kappa shape index (κ1) is 17.5. The fourth-order valence-corrected chi connectivity index (χ4v) is 3.91. The number of methoxy groups -OCH3 is 1. The van der Waals surface area contributed by atoms with Crippen LogP contribution in [0.1, 0.15) is 34.5 Å². The molecular weight excluding hydrogens is 338 g/mol. The second kappa shape index (κ2) is 6.52. The highest BCUT2D eigenvalue weighted by atomic mass is 32.2. The minimum atomic E-state index is -3.34. The van der Waals surface area contributed by atoms with Crippen molar-refractivity contribution in [2.24, 2.45) is 0 Å². The van der Waals surface area contributed by atoms with Crippen molar-refractivity contribution in [1.82, 2.24) is 4.90 Å². The van der Waals surface area contributed by atoms with Crippen molar-refractivity contribution in [3.63, 3.8) is 0 Å². The second-order valence-electron chi connectivity index (χ2n) is 6.29. The van der Waals surface area contributed by atoms with Crippen molar-refractivity contribution in [3.05, 3.63) is 59.2 Å². The monoisotopic (exact) mass is 359 g/mol. The van der Waals surface area contributed by atoms with Gasteiger partial charge >= 0.3 is 0 Å². The van der Waals surface area contributed by atoms with Crippen molar-refractivity contribution in [3.8, 4) is 5.75 Å². The molecular formula is C19H21NO4S. The summed E-state index contributed by atoms with van der Waals surface area (Å²) in [6.07, 6.45) is 1.89. The Balaban J connectivity index is 1.91. The summed E-state index contributed by atoms with van der Waals surface area (Å²) in [6, 6.07) is 12.0. The van der Waals surface area contributed by atoms with Crippen molar-refractivity contribution >= 4 is 15.7 Å². The average molecular weight is 359 g/mol. The highest BCUT2D eigenvalue weighted by Crippen LogP contribution is 2.32. The van der Waals surface area contributed by atoms with Crippen LogP contribution < -0.4 is 4.74 Å². The molecule has 0 radical (unpaired) electrons. The van der Waals surface area contributed by atoms with E-state index in [4.69, 9.17) is 4.74 Å². The van der Waals surface area contributed by atoms with Gasteiger partial charge in [0, 0.05) is 18.4 Å². The molecule has 6 heteroatoms. The lowest BCUT2D eigenvalue weighted by Crippen LogP contribution is -2.38. The van der Waals surface area contributed by atoms with Gasteiger partial charge in [0.2, 0.25) is 0 Å². The van der Waals surface area contributed by atoms with E-state index in [1.807, 2.05) is 25.1 Å². The summed E-state index contributed by atoms with van der Waals surface area (Å²) in [6.45, 7) is 2.58. The number of sulfone groups is 1. The fourth-order valence-electron chi connectivity index (χ4n) is 3.24. The molecule has 3 rings (SSSR count).